The van der Waals surface area contributed by atoms with Crippen LogP contribution in [0.4, 0.5) is 5.69 Å². The Bertz CT molecular complexity index is 294. The van der Waals surface area contributed by atoms with Crippen LogP contribution in [0.2, 0.25) is 0 Å². The van der Waals surface area contributed by atoms with Gasteiger partial charge in [0.15, 0.2) is 0 Å². The first-order valence-corrected chi connectivity index (χ1v) is 4.66. The predicted octanol–water partition coefficient (Wildman–Crippen LogP) is 1.83. The number of hydrogen-bond donors (Lipinski definition) is 0. The number of anilines is 1. The van der Waals surface area contributed by atoms with Crippen LogP contribution in [0, 0.1) is 6.92 Å². The standard InChI is InChI=1S/C11H15NO/c1-9-5-3-4-6-11(9)12(2)7-10-8-13-10/h3-6,10H,7-8H2,1-2H3/t10-/m0/s1. The molecule has 0 spiro atoms. The third kappa shape index (κ3) is 2.01. The molecule has 0 N–H and O–H groups in total. The molecule has 1 aliphatic rings. The van der Waals surface area contributed by atoms with Crippen molar-refractivity contribution in [1.82, 2.24) is 0 Å². The normalized spacial score (nSPS) is 20.0. The molecule has 1 saturated heterocycles. The Balaban J connectivity index is 2.09. The second kappa shape index (κ2) is 3.38. The van der Waals surface area contributed by atoms with Crippen molar-refractivity contribution >= 4 is 5.69 Å². The second-order valence-corrected chi connectivity index (χ2v) is 3.62. The second-order valence-electron chi connectivity index (χ2n) is 3.62. The van der Waals surface area contributed by atoms with Crippen molar-refractivity contribution in [2.45, 2.75) is 13.0 Å². The fourth-order valence-corrected chi connectivity index (χ4v) is 1.57. The van der Waals surface area contributed by atoms with E-state index in [-0.39, 0.29) is 0 Å². The van der Waals surface area contributed by atoms with Crippen LogP contribution < -0.4 is 4.90 Å². The molecule has 1 aromatic carbocycles. The topological polar surface area (TPSA) is 15.8 Å². The SMILES string of the molecule is Cc1ccccc1N(C)C[C@H]1CO1. The lowest BCUT2D eigenvalue weighted by Crippen LogP contribution is -2.23. The highest BCUT2D eigenvalue weighted by Gasteiger charge is 2.24. The molecule has 0 bridgehead atoms. The smallest absolute Gasteiger partial charge is 0.0984 e. The van der Waals surface area contributed by atoms with Gasteiger partial charge in [0, 0.05) is 19.3 Å². The lowest BCUT2D eigenvalue weighted by molar-refractivity contribution is 0.410. The molecule has 13 heavy (non-hydrogen) atoms. The van der Waals surface area contributed by atoms with Crippen LogP contribution >= 0.6 is 0 Å². The molecular weight excluding hydrogens is 162 g/mol. The molecule has 0 saturated carbocycles. The van der Waals surface area contributed by atoms with E-state index in [0.29, 0.717) is 6.10 Å². The lowest BCUT2D eigenvalue weighted by atomic mass is 10.2. The van der Waals surface area contributed by atoms with Gasteiger partial charge in [-0.1, -0.05) is 18.2 Å². The van der Waals surface area contributed by atoms with Crippen molar-refractivity contribution in [3.8, 4) is 0 Å². The zero-order valence-electron chi connectivity index (χ0n) is 8.16. The molecule has 0 aromatic heterocycles. The number of nitrogens with zero attached hydrogens (tertiary/aromatic N) is 1. The van der Waals surface area contributed by atoms with Crippen LogP contribution in [0.1, 0.15) is 5.56 Å². The summed E-state index contributed by atoms with van der Waals surface area (Å²) in [5.74, 6) is 0. The highest BCUT2D eigenvalue weighted by molar-refractivity contribution is 5.52. The fraction of sp³-hybridized carbons (Fsp3) is 0.455. The molecule has 1 heterocycles. The van der Waals surface area contributed by atoms with Gasteiger partial charge in [0.2, 0.25) is 0 Å². The maximum Gasteiger partial charge on any atom is 0.0984 e. The Kier molecular flexibility index (Phi) is 2.23. The molecule has 1 aliphatic heterocycles. The van der Waals surface area contributed by atoms with Gasteiger partial charge in [0.05, 0.1) is 12.7 Å². The maximum absolute atomic E-state index is 5.20. The van der Waals surface area contributed by atoms with Crippen molar-refractivity contribution in [1.29, 1.82) is 0 Å². The maximum atomic E-state index is 5.20. The van der Waals surface area contributed by atoms with E-state index in [1.807, 2.05) is 0 Å². The number of hydrogen-bond acceptors (Lipinski definition) is 2. The summed E-state index contributed by atoms with van der Waals surface area (Å²) >= 11 is 0. The van der Waals surface area contributed by atoms with Gasteiger partial charge < -0.3 is 9.64 Å². The zero-order chi connectivity index (χ0) is 9.26. The summed E-state index contributed by atoms with van der Waals surface area (Å²) < 4.78 is 5.20. The summed E-state index contributed by atoms with van der Waals surface area (Å²) in [5.41, 5.74) is 2.63. The van der Waals surface area contributed by atoms with E-state index in [1.165, 1.54) is 11.3 Å². The summed E-state index contributed by atoms with van der Waals surface area (Å²) in [6.45, 7) is 4.07. The van der Waals surface area contributed by atoms with Crippen LogP contribution in [0.25, 0.3) is 0 Å². The van der Waals surface area contributed by atoms with Gasteiger partial charge in [-0.3, -0.25) is 0 Å². The highest BCUT2D eigenvalue weighted by atomic mass is 16.6. The Morgan fingerprint density at radius 3 is 2.77 bits per heavy atom. The highest BCUT2D eigenvalue weighted by Crippen LogP contribution is 2.20. The first-order chi connectivity index (χ1) is 6.27. The first kappa shape index (κ1) is 8.57. The number of rotatable bonds is 3. The third-order valence-electron chi connectivity index (χ3n) is 2.41. The Labute approximate surface area is 79.1 Å². The van der Waals surface area contributed by atoms with Gasteiger partial charge in [-0.2, -0.15) is 0 Å². The van der Waals surface area contributed by atoms with Gasteiger partial charge in [-0.05, 0) is 18.6 Å². The predicted molar refractivity (Wildman–Crippen MR) is 54.2 cm³/mol. The minimum atomic E-state index is 0.463. The van der Waals surface area contributed by atoms with Gasteiger partial charge >= 0.3 is 0 Å². The van der Waals surface area contributed by atoms with Crippen molar-refractivity contribution in [2.75, 3.05) is 25.1 Å². The van der Waals surface area contributed by atoms with Crippen LogP contribution in [0.15, 0.2) is 24.3 Å². The van der Waals surface area contributed by atoms with E-state index >= 15 is 0 Å². The molecule has 2 heteroatoms. The van der Waals surface area contributed by atoms with Gasteiger partial charge in [-0.25, -0.2) is 0 Å². The molecule has 0 radical (unpaired) electrons. The number of para-hydroxylation sites is 1. The quantitative estimate of drug-likeness (QED) is 0.655. The Morgan fingerprint density at radius 1 is 1.46 bits per heavy atom. The van der Waals surface area contributed by atoms with Gasteiger partial charge in [0.25, 0.3) is 0 Å². The molecule has 0 aliphatic carbocycles. The molecule has 2 nitrogen and oxygen atoms in total. The average molecular weight is 177 g/mol. The molecule has 1 aromatic rings. The third-order valence-corrected chi connectivity index (χ3v) is 2.41. The number of benzene rings is 1. The molecule has 1 fully saturated rings. The molecule has 0 amide bonds. The monoisotopic (exact) mass is 177 g/mol. The van der Waals surface area contributed by atoms with Gasteiger partial charge in [-0.15, -0.1) is 0 Å². The summed E-state index contributed by atoms with van der Waals surface area (Å²) in [6, 6.07) is 8.43. The number of aryl methyl sites for hydroxylation is 1. The first-order valence-electron chi connectivity index (χ1n) is 4.66. The number of epoxide rings is 1. The van der Waals surface area contributed by atoms with E-state index in [0.717, 1.165) is 13.2 Å². The van der Waals surface area contributed by atoms with Crippen LogP contribution in [-0.4, -0.2) is 26.3 Å². The van der Waals surface area contributed by atoms with E-state index in [2.05, 4.69) is 43.1 Å². The van der Waals surface area contributed by atoms with E-state index in [9.17, 15) is 0 Å². The van der Waals surface area contributed by atoms with Crippen LogP contribution in [0.5, 0.6) is 0 Å². The van der Waals surface area contributed by atoms with Crippen LogP contribution in [-0.2, 0) is 4.74 Å². The van der Waals surface area contributed by atoms with Crippen molar-refractivity contribution < 1.29 is 4.74 Å². The molecule has 0 unspecified atom stereocenters. The fourth-order valence-electron chi connectivity index (χ4n) is 1.57. The van der Waals surface area contributed by atoms with E-state index in [1.54, 1.807) is 0 Å². The Hall–Kier alpha value is -1.02. The summed E-state index contributed by atoms with van der Waals surface area (Å²) in [5, 5.41) is 0. The van der Waals surface area contributed by atoms with Crippen molar-refractivity contribution in [3.05, 3.63) is 29.8 Å². The van der Waals surface area contributed by atoms with Crippen molar-refractivity contribution in [3.63, 3.8) is 0 Å². The molecule has 70 valence electrons. The van der Waals surface area contributed by atoms with Crippen LogP contribution in [0.3, 0.4) is 0 Å². The number of ether oxygens (including phenoxy) is 1. The zero-order valence-corrected chi connectivity index (χ0v) is 8.16. The molecule has 1 atom stereocenters. The van der Waals surface area contributed by atoms with Crippen molar-refractivity contribution in [2.24, 2.45) is 0 Å². The van der Waals surface area contributed by atoms with Gasteiger partial charge in [0.1, 0.15) is 0 Å². The summed E-state index contributed by atoms with van der Waals surface area (Å²) in [4.78, 5) is 2.26. The molecule has 2 rings (SSSR count). The largest absolute Gasteiger partial charge is 0.372 e. The summed E-state index contributed by atoms with van der Waals surface area (Å²) in [6.07, 6.45) is 0.463. The minimum Gasteiger partial charge on any atom is -0.372 e. The Morgan fingerprint density at radius 2 is 2.15 bits per heavy atom. The lowest BCUT2D eigenvalue weighted by Gasteiger charge is -2.20. The number of likely N-dealkylation sites (N-methyl/N-ethyl adjacent to an activating group) is 1. The molecular formula is C11H15NO. The summed E-state index contributed by atoms with van der Waals surface area (Å²) in [7, 11) is 2.12. The van der Waals surface area contributed by atoms with E-state index in [4.69, 9.17) is 4.74 Å². The average Bonchev–Trinajstić information content (AvgIpc) is 2.89. The van der Waals surface area contributed by atoms with E-state index < -0.39 is 0 Å². The minimum absolute atomic E-state index is 0.463.